The Balaban J connectivity index is 2.57. The molecule has 0 spiro atoms. The lowest BCUT2D eigenvalue weighted by Crippen LogP contribution is -1.95. The fourth-order valence-corrected chi connectivity index (χ4v) is 2.61. The van der Waals surface area contributed by atoms with E-state index in [1.54, 1.807) is 11.3 Å². The molecule has 16 heavy (non-hydrogen) atoms. The third-order valence-corrected chi connectivity index (χ3v) is 3.66. The van der Waals surface area contributed by atoms with Gasteiger partial charge < -0.3 is 5.73 Å². The molecule has 1 heterocycles. The van der Waals surface area contributed by atoms with Gasteiger partial charge in [0.2, 0.25) is 0 Å². The Bertz CT molecular complexity index is 515. The lowest BCUT2D eigenvalue weighted by atomic mass is 10.0. The molecule has 0 amide bonds. The second kappa shape index (κ2) is 4.36. The Morgan fingerprint density at radius 1 is 1.25 bits per heavy atom. The number of aromatic nitrogens is 1. The highest BCUT2D eigenvalue weighted by Crippen LogP contribution is 2.30. The van der Waals surface area contributed by atoms with Crippen LogP contribution < -0.4 is 5.73 Å². The quantitative estimate of drug-likeness (QED) is 0.863. The molecular formula is C13H16N2S. The van der Waals surface area contributed by atoms with Gasteiger partial charge in [-0.1, -0.05) is 17.7 Å². The van der Waals surface area contributed by atoms with Crippen LogP contribution in [0.1, 0.15) is 21.0 Å². The number of hydrogen-bond donors (Lipinski definition) is 1. The van der Waals surface area contributed by atoms with E-state index in [9.17, 15) is 0 Å². The van der Waals surface area contributed by atoms with Gasteiger partial charge in [-0.15, -0.1) is 11.3 Å². The maximum atomic E-state index is 5.63. The molecule has 1 aromatic carbocycles. The molecule has 0 aliphatic heterocycles. The van der Waals surface area contributed by atoms with Crippen molar-refractivity contribution in [3.63, 3.8) is 0 Å². The molecule has 0 atom stereocenters. The Kier molecular flexibility index (Phi) is 3.08. The van der Waals surface area contributed by atoms with Crippen molar-refractivity contribution in [3.05, 3.63) is 39.2 Å². The van der Waals surface area contributed by atoms with Crippen LogP contribution in [0.2, 0.25) is 0 Å². The average molecular weight is 232 g/mol. The standard InChI is InChI=1S/C13H16N2S/c1-8-4-5-9(2)11(6-8)13-10(3)16-12(7-14)15-13/h4-6H,7,14H2,1-3H3. The first kappa shape index (κ1) is 11.3. The summed E-state index contributed by atoms with van der Waals surface area (Å²) in [6.07, 6.45) is 0. The van der Waals surface area contributed by atoms with E-state index in [0.717, 1.165) is 10.7 Å². The third-order valence-electron chi connectivity index (χ3n) is 2.66. The maximum Gasteiger partial charge on any atom is 0.107 e. The highest BCUT2D eigenvalue weighted by molar-refractivity contribution is 7.12. The van der Waals surface area contributed by atoms with Crippen molar-refractivity contribution in [2.45, 2.75) is 27.3 Å². The summed E-state index contributed by atoms with van der Waals surface area (Å²) >= 11 is 1.69. The van der Waals surface area contributed by atoms with Crippen LogP contribution in [0, 0.1) is 20.8 Å². The SMILES string of the molecule is Cc1ccc(C)c(-c2nc(CN)sc2C)c1. The molecule has 2 nitrogen and oxygen atoms in total. The van der Waals surface area contributed by atoms with Crippen LogP contribution in [0.15, 0.2) is 18.2 Å². The molecule has 2 rings (SSSR count). The van der Waals surface area contributed by atoms with Crippen molar-refractivity contribution in [2.24, 2.45) is 5.73 Å². The van der Waals surface area contributed by atoms with Crippen molar-refractivity contribution in [2.75, 3.05) is 0 Å². The maximum absolute atomic E-state index is 5.63. The third kappa shape index (κ3) is 2.01. The van der Waals surface area contributed by atoms with Crippen LogP contribution >= 0.6 is 11.3 Å². The van der Waals surface area contributed by atoms with Crippen molar-refractivity contribution in [1.29, 1.82) is 0 Å². The molecule has 0 saturated heterocycles. The molecule has 84 valence electrons. The van der Waals surface area contributed by atoms with Crippen LogP contribution in [-0.4, -0.2) is 4.98 Å². The molecule has 0 saturated carbocycles. The van der Waals surface area contributed by atoms with E-state index in [1.807, 2.05) is 0 Å². The van der Waals surface area contributed by atoms with Crippen molar-refractivity contribution >= 4 is 11.3 Å². The minimum absolute atomic E-state index is 0.524. The minimum atomic E-state index is 0.524. The van der Waals surface area contributed by atoms with Gasteiger partial charge in [0, 0.05) is 17.0 Å². The molecule has 0 bridgehead atoms. The molecule has 3 heteroatoms. The lowest BCUT2D eigenvalue weighted by molar-refractivity contribution is 1.04. The smallest absolute Gasteiger partial charge is 0.107 e. The van der Waals surface area contributed by atoms with E-state index in [4.69, 9.17) is 5.73 Å². The first-order valence-corrected chi connectivity index (χ1v) is 6.17. The van der Waals surface area contributed by atoms with Crippen LogP contribution in [-0.2, 0) is 6.54 Å². The Labute approximate surface area is 100 Å². The second-order valence-electron chi connectivity index (χ2n) is 4.03. The predicted octanol–water partition coefficient (Wildman–Crippen LogP) is 3.19. The fourth-order valence-electron chi connectivity index (χ4n) is 1.78. The summed E-state index contributed by atoms with van der Waals surface area (Å²) in [5.41, 5.74) is 10.5. The summed E-state index contributed by atoms with van der Waals surface area (Å²) in [5.74, 6) is 0. The molecule has 0 aliphatic carbocycles. The van der Waals surface area contributed by atoms with Gasteiger partial charge in [-0.3, -0.25) is 0 Å². The van der Waals surface area contributed by atoms with Gasteiger partial charge in [-0.2, -0.15) is 0 Å². The fraction of sp³-hybridized carbons (Fsp3) is 0.308. The minimum Gasteiger partial charge on any atom is -0.325 e. The zero-order valence-corrected chi connectivity index (χ0v) is 10.7. The number of aryl methyl sites for hydroxylation is 3. The van der Waals surface area contributed by atoms with Gasteiger partial charge in [0.05, 0.1) is 5.69 Å². The Morgan fingerprint density at radius 3 is 2.62 bits per heavy atom. The predicted molar refractivity (Wildman–Crippen MR) is 69.7 cm³/mol. The van der Waals surface area contributed by atoms with Gasteiger partial charge in [0.25, 0.3) is 0 Å². The first-order chi connectivity index (χ1) is 7.61. The summed E-state index contributed by atoms with van der Waals surface area (Å²) in [6, 6.07) is 6.47. The number of hydrogen-bond acceptors (Lipinski definition) is 3. The van der Waals surface area contributed by atoms with Crippen LogP contribution in [0.4, 0.5) is 0 Å². The largest absolute Gasteiger partial charge is 0.325 e. The molecule has 0 fully saturated rings. The van der Waals surface area contributed by atoms with Crippen LogP contribution in [0.5, 0.6) is 0 Å². The summed E-state index contributed by atoms with van der Waals surface area (Å²) in [5, 5.41) is 1.01. The van der Waals surface area contributed by atoms with Crippen molar-refractivity contribution in [3.8, 4) is 11.3 Å². The Hall–Kier alpha value is -1.19. The van der Waals surface area contributed by atoms with E-state index < -0.39 is 0 Å². The van der Waals surface area contributed by atoms with Gasteiger partial charge in [-0.05, 0) is 32.4 Å². The molecule has 0 radical (unpaired) electrons. The van der Waals surface area contributed by atoms with Gasteiger partial charge in [0.15, 0.2) is 0 Å². The molecule has 1 aromatic heterocycles. The summed E-state index contributed by atoms with van der Waals surface area (Å²) in [4.78, 5) is 5.84. The topological polar surface area (TPSA) is 38.9 Å². The summed E-state index contributed by atoms with van der Waals surface area (Å²) in [7, 11) is 0. The average Bonchev–Trinajstić information content (AvgIpc) is 2.63. The normalized spacial score (nSPS) is 10.8. The van der Waals surface area contributed by atoms with Crippen LogP contribution in [0.3, 0.4) is 0 Å². The van der Waals surface area contributed by atoms with Crippen molar-refractivity contribution in [1.82, 2.24) is 4.98 Å². The van der Waals surface area contributed by atoms with E-state index in [0.29, 0.717) is 6.54 Å². The van der Waals surface area contributed by atoms with E-state index in [1.165, 1.54) is 21.6 Å². The highest BCUT2D eigenvalue weighted by atomic mass is 32.1. The zero-order chi connectivity index (χ0) is 11.7. The van der Waals surface area contributed by atoms with Gasteiger partial charge in [-0.25, -0.2) is 4.98 Å². The van der Waals surface area contributed by atoms with E-state index in [2.05, 4.69) is 44.0 Å². The number of rotatable bonds is 2. The van der Waals surface area contributed by atoms with E-state index in [-0.39, 0.29) is 0 Å². The number of nitrogens with zero attached hydrogens (tertiary/aromatic N) is 1. The summed E-state index contributed by atoms with van der Waals surface area (Å²) in [6.45, 7) is 6.86. The highest BCUT2D eigenvalue weighted by Gasteiger charge is 2.11. The zero-order valence-electron chi connectivity index (χ0n) is 9.87. The van der Waals surface area contributed by atoms with Crippen LogP contribution in [0.25, 0.3) is 11.3 Å². The number of nitrogens with two attached hydrogens (primary N) is 1. The molecule has 2 aromatic rings. The first-order valence-electron chi connectivity index (χ1n) is 5.36. The monoisotopic (exact) mass is 232 g/mol. The lowest BCUT2D eigenvalue weighted by Gasteiger charge is -2.05. The second-order valence-corrected chi connectivity index (χ2v) is 5.32. The summed E-state index contributed by atoms with van der Waals surface area (Å²) < 4.78 is 0. The molecule has 0 aliphatic rings. The molecule has 0 unspecified atom stereocenters. The van der Waals surface area contributed by atoms with E-state index >= 15 is 0 Å². The Morgan fingerprint density at radius 2 is 2.00 bits per heavy atom. The number of benzene rings is 1. The molecular weight excluding hydrogens is 216 g/mol. The van der Waals surface area contributed by atoms with Gasteiger partial charge in [0.1, 0.15) is 5.01 Å². The van der Waals surface area contributed by atoms with Crippen molar-refractivity contribution < 1.29 is 0 Å². The number of thiazole rings is 1. The molecule has 2 N–H and O–H groups in total. The van der Waals surface area contributed by atoms with Gasteiger partial charge >= 0.3 is 0 Å².